The van der Waals surface area contributed by atoms with Crippen LogP contribution in [0, 0.1) is 11.8 Å². The minimum atomic E-state index is -4.60. The van der Waals surface area contributed by atoms with Gasteiger partial charge in [-0.2, -0.15) is 13.2 Å². The number of carbonyl (C=O) groups is 2. The van der Waals surface area contributed by atoms with E-state index in [2.05, 4.69) is 32.5 Å². The van der Waals surface area contributed by atoms with Crippen LogP contribution in [0.5, 0.6) is 0 Å². The van der Waals surface area contributed by atoms with Crippen LogP contribution in [0.3, 0.4) is 0 Å². The second kappa shape index (κ2) is 12.3. The number of halogens is 3. The number of alkyl halides is 3. The lowest BCUT2D eigenvalue weighted by Gasteiger charge is -2.35. The van der Waals surface area contributed by atoms with Crippen molar-refractivity contribution in [2.45, 2.75) is 76.0 Å². The Labute approximate surface area is 239 Å². The maximum absolute atomic E-state index is 13.9. The molecule has 1 aliphatic heterocycles. The summed E-state index contributed by atoms with van der Waals surface area (Å²) in [7, 11) is 3.90. The highest BCUT2D eigenvalue weighted by Crippen LogP contribution is 2.38. The molecule has 1 aromatic heterocycles. The summed E-state index contributed by atoms with van der Waals surface area (Å²) in [5.74, 6) is -0.573. The molecule has 1 aromatic carbocycles. The van der Waals surface area contributed by atoms with Crippen LogP contribution in [-0.2, 0) is 17.4 Å². The normalized spacial score (nSPS) is 22.3. The summed E-state index contributed by atoms with van der Waals surface area (Å²) in [4.78, 5) is 38.1. The smallest absolute Gasteiger partial charge is 0.353 e. The largest absolute Gasteiger partial charge is 0.419 e. The number of aromatic nitrogens is 2. The average Bonchev–Trinajstić information content (AvgIpc) is 3.38. The molecular formula is C30H39F3N6O2. The molecule has 0 bridgehead atoms. The zero-order valence-electron chi connectivity index (χ0n) is 23.7. The summed E-state index contributed by atoms with van der Waals surface area (Å²) < 4.78 is 41.6. The Morgan fingerprint density at radius 1 is 1.02 bits per heavy atom. The molecule has 2 aliphatic carbocycles. The van der Waals surface area contributed by atoms with Crippen LogP contribution in [0.2, 0.25) is 0 Å². The van der Waals surface area contributed by atoms with Crippen molar-refractivity contribution in [1.82, 2.24) is 25.1 Å². The Bertz CT molecular complexity index is 1230. The molecule has 0 spiro atoms. The van der Waals surface area contributed by atoms with E-state index in [4.69, 9.17) is 0 Å². The van der Waals surface area contributed by atoms with Crippen molar-refractivity contribution in [2.24, 2.45) is 11.8 Å². The predicted octanol–water partition coefficient (Wildman–Crippen LogP) is 5.03. The summed E-state index contributed by atoms with van der Waals surface area (Å²) in [5, 5.41) is 6.05. The van der Waals surface area contributed by atoms with Crippen molar-refractivity contribution in [3.63, 3.8) is 0 Å². The van der Waals surface area contributed by atoms with E-state index in [-0.39, 0.29) is 53.8 Å². The van der Waals surface area contributed by atoms with Crippen molar-refractivity contribution in [2.75, 3.05) is 32.5 Å². The zero-order chi connectivity index (χ0) is 29.1. The van der Waals surface area contributed by atoms with Gasteiger partial charge in [-0.05, 0) is 102 Å². The third-order valence-corrected chi connectivity index (χ3v) is 9.02. The highest BCUT2D eigenvalue weighted by molar-refractivity contribution is 5.94. The fourth-order valence-electron chi connectivity index (χ4n) is 6.18. The van der Waals surface area contributed by atoms with Gasteiger partial charge in [0, 0.05) is 42.5 Å². The fourth-order valence-corrected chi connectivity index (χ4v) is 6.18. The Kier molecular flexibility index (Phi) is 8.82. The van der Waals surface area contributed by atoms with Crippen molar-refractivity contribution in [3.8, 4) is 0 Å². The van der Waals surface area contributed by atoms with Gasteiger partial charge in [-0.15, -0.1) is 0 Å². The van der Waals surface area contributed by atoms with Crippen molar-refractivity contribution in [3.05, 3.63) is 47.3 Å². The number of amides is 2. The van der Waals surface area contributed by atoms with Crippen LogP contribution in [0.25, 0.3) is 0 Å². The monoisotopic (exact) mass is 572 g/mol. The predicted molar refractivity (Wildman–Crippen MR) is 150 cm³/mol. The van der Waals surface area contributed by atoms with Crippen LogP contribution >= 0.6 is 0 Å². The highest BCUT2D eigenvalue weighted by atomic mass is 19.4. The molecular weight excluding hydrogens is 533 g/mol. The Morgan fingerprint density at radius 3 is 2.34 bits per heavy atom. The van der Waals surface area contributed by atoms with E-state index in [0.29, 0.717) is 24.1 Å². The first-order valence-electron chi connectivity index (χ1n) is 14.6. The SMILES string of the molecule is CN1CCC(N(C)C(=O)c2ccc(Nc3ncc(C(F)(F)F)c(C[C@@H]4CCC[C@@H]4C(=O)NC4CCC4)n3)cc2)CC1. The van der Waals surface area contributed by atoms with E-state index in [1.165, 1.54) is 0 Å². The fraction of sp³-hybridized carbons (Fsp3) is 0.600. The quantitative estimate of drug-likeness (QED) is 0.461. The standard InChI is InChI=1S/C30H39F3N6O2/c1-38-15-13-23(14-16-38)39(2)28(41)19-9-11-22(12-10-19)36-29-34-18-25(30(31,32)33)26(37-29)17-20-5-3-8-24(20)27(40)35-21-6-4-7-21/h9-12,18,20-21,23-24H,3-8,13-17H2,1-2H3,(H,35,40)(H,34,36,37)/t20-,24-/m0/s1. The van der Waals surface area contributed by atoms with E-state index in [9.17, 15) is 22.8 Å². The van der Waals surface area contributed by atoms with E-state index < -0.39 is 11.7 Å². The molecule has 5 rings (SSSR count). The van der Waals surface area contributed by atoms with Crippen molar-refractivity contribution < 1.29 is 22.8 Å². The maximum Gasteiger partial charge on any atom is 0.419 e. The first-order valence-corrected chi connectivity index (χ1v) is 14.6. The minimum absolute atomic E-state index is 0.0454. The van der Waals surface area contributed by atoms with Crippen molar-refractivity contribution >= 4 is 23.5 Å². The molecule has 222 valence electrons. The molecule has 2 aromatic rings. The van der Waals surface area contributed by atoms with Crippen LogP contribution in [0.4, 0.5) is 24.8 Å². The lowest BCUT2D eigenvalue weighted by Crippen LogP contribution is -2.44. The summed E-state index contributed by atoms with van der Waals surface area (Å²) in [6.07, 6.45) is 3.34. The van der Waals surface area contributed by atoms with Gasteiger partial charge >= 0.3 is 6.18 Å². The van der Waals surface area contributed by atoms with E-state index >= 15 is 0 Å². The van der Waals surface area contributed by atoms with Gasteiger partial charge in [0.1, 0.15) is 0 Å². The maximum atomic E-state index is 13.9. The molecule has 2 heterocycles. The van der Waals surface area contributed by atoms with Crippen LogP contribution in [-0.4, -0.2) is 70.9 Å². The average molecular weight is 573 g/mol. The first-order chi connectivity index (χ1) is 19.6. The summed E-state index contributed by atoms with van der Waals surface area (Å²) in [5.41, 5.74) is 0.132. The number of hydrogen-bond acceptors (Lipinski definition) is 6. The van der Waals surface area contributed by atoms with Gasteiger partial charge in [0.05, 0.1) is 11.3 Å². The number of benzene rings is 1. The third-order valence-electron chi connectivity index (χ3n) is 9.02. The molecule has 2 atom stereocenters. The second-order valence-corrected chi connectivity index (χ2v) is 11.8. The highest BCUT2D eigenvalue weighted by Gasteiger charge is 2.39. The minimum Gasteiger partial charge on any atom is -0.353 e. The third kappa shape index (κ3) is 6.99. The van der Waals surface area contributed by atoms with Gasteiger partial charge in [-0.1, -0.05) is 6.42 Å². The van der Waals surface area contributed by atoms with E-state index in [1.54, 1.807) is 29.2 Å². The molecule has 1 saturated heterocycles. The number of hydrogen-bond donors (Lipinski definition) is 2. The molecule has 2 amide bonds. The number of rotatable bonds is 8. The topological polar surface area (TPSA) is 90.5 Å². The molecule has 0 radical (unpaired) electrons. The summed E-state index contributed by atoms with van der Waals surface area (Å²) >= 11 is 0. The van der Waals surface area contributed by atoms with E-state index in [1.807, 2.05) is 7.05 Å². The summed E-state index contributed by atoms with van der Waals surface area (Å²) in [6.45, 7) is 1.91. The molecule has 2 saturated carbocycles. The number of anilines is 2. The number of nitrogens with zero attached hydrogens (tertiary/aromatic N) is 4. The van der Waals surface area contributed by atoms with Gasteiger partial charge < -0.3 is 20.4 Å². The molecule has 3 fully saturated rings. The Balaban J connectivity index is 1.27. The summed E-state index contributed by atoms with van der Waals surface area (Å²) in [6, 6.07) is 7.19. The molecule has 41 heavy (non-hydrogen) atoms. The van der Waals surface area contributed by atoms with Gasteiger partial charge in [0.2, 0.25) is 11.9 Å². The number of carbonyl (C=O) groups excluding carboxylic acids is 2. The zero-order valence-corrected chi connectivity index (χ0v) is 23.7. The molecule has 8 nitrogen and oxygen atoms in total. The second-order valence-electron chi connectivity index (χ2n) is 11.8. The number of piperidine rings is 1. The first kappa shape index (κ1) is 29.3. The molecule has 3 aliphatic rings. The Morgan fingerprint density at radius 2 is 1.71 bits per heavy atom. The van der Waals surface area contributed by atoms with Crippen LogP contribution in [0.15, 0.2) is 30.5 Å². The molecule has 11 heteroatoms. The number of likely N-dealkylation sites (tertiary alicyclic amines) is 1. The number of nitrogens with one attached hydrogen (secondary N) is 2. The molecule has 2 N–H and O–H groups in total. The van der Waals surface area contributed by atoms with Gasteiger partial charge in [0.15, 0.2) is 0 Å². The lowest BCUT2D eigenvalue weighted by molar-refractivity contribution is -0.138. The lowest BCUT2D eigenvalue weighted by atomic mass is 9.87. The molecule has 0 unspecified atom stereocenters. The van der Waals surface area contributed by atoms with Crippen LogP contribution in [0.1, 0.15) is 73.0 Å². The van der Waals surface area contributed by atoms with Crippen molar-refractivity contribution in [1.29, 1.82) is 0 Å². The van der Waals surface area contributed by atoms with Crippen LogP contribution < -0.4 is 10.6 Å². The Hall–Kier alpha value is -3.21. The van der Waals surface area contributed by atoms with Gasteiger partial charge in [-0.3, -0.25) is 9.59 Å². The van der Waals surface area contributed by atoms with Gasteiger partial charge in [0.25, 0.3) is 5.91 Å². The van der Waals surface area contributed by atoms with Gasteiger partial charge in [-0.25, -0.2) is 9.97 Å². The van der Waals surface area contributed by atoms with E-state index in [0.717, 1.165) is 57.8 Å².